The summed E-state index contributed by atoms with van der Waals surface area (Å²) in [4.78, 5) is 36.0. The predicted octanol–water partition coefficient (Wildman–Crippen LogP) is 1.46. The lowest BCUT2D eigenvalue weighted by Crippen LogP contribution is -2.52. The van der Waals surface area contributed by atoms with Crippen LogP contribution >= 0.6 is 10.6 Å². The molecule has 6 N–H and O–H groups in total. The van der Waals surface area contributed by atoms with Crippen LogP contribution in [0.4, 0.5) is 0 Å². The van der Waals surface area contributed by atoms with Gasteiger partial charge >= 0.3 is 0 Å². The Kier molecular flexibility index (Phi) is 5.26. The van der Waals surface area contributed by atoms with Gasteiger partial charge in [0.1, 0.15) is 5.69 Å². The molecule has 1 aromatic carbocycles. The highest BCUT2D eigenvalue weighted by Gasteiger charge is 2.42. The first-order valence-electron chi connectivity index (χ1n) is 9.43. The van der Waals surface area contributed by atoms with Gasteiger partial charge in [0, 0.05) is 17.0 Å². The van der Waals surface area contributed by atoms with E-state index in [-0.39, 0.29) is 35.0 Å². The average molecular weight is 434 g/mol. The summed E-state index contributed by atoms with van der Waals surface area (Å²) < 4.78 is 23.9. The first-order valence-corrected chi connectivity index (χ1v) is 11.3. The van der Waals surface area contributed by atoms with Crippen molar-refractivity contribution in [3.05, 3.63) is 41.7 Å². The molecule has 2 fully saturated rings. The quantitative estimate of drug-likeness (QED) is 0.444. The fraction of sp³-hybridized carbons (Fsp3) is 0.368. The number of hydrogen-bond donors (Lipinski definition) is 5. The second-order valence-electron chi connectivity index (χ2n) is 7.68. The third-order valence-electron chi connectivity index (χ3n) is 5.53. The molecule has 3 amide bonds. The van der Waals surface area contributed by atoms with Crippen molar-refractivity contribution in [1.29, 1.82) is 0 Å². The van der Waals surface area contributed by atoms with Crippen molar-refractivity contribution in [1.82, 2.24) is 16.0 Å². The molecule has 1 saturated carbocycles. The molecule has 1 aromatic heterocycles. The Bertz CT molecular complexity index is 978. The molecule has 0 bridgehead atoms. The number of aromatic nitrogens is 1. The molecule has 0 spiro atoms. The van der Waals surface area contributed by atoms with Crippen LogP contribution in [0.5, 0.6) is 0 Å². The van der Waals surface area contributed by atoms with Gasteiger partial charge in [-0.05, 0) is 18.8 Å². The van der Waals surface area contributed by atoms with Gasteiger partial charge in [-0.25, -0.2) is 0 Å². The molecule has 0 atom stereocenters. The minimum atomic E-state index is -2.62. The van der Waals surface area contributed by atoms with E-state index in [9.17, 15) is 23.5 Å². The average Bonchev–Trinajstić information content (AvgIpc) is 3.08. The normalized spacial score (nSPS) is 23.5. The number of hydrogen-bond acceptors (Lipinski definition) is 7. The van der Waals surface area contributed by atoms with Crippen molar-refractivity contribution in [2.75, 3.05) is 11.5 Å². The second kappa shape index (κ2) is 7.74. The molecule has 0 unspecified atom stereocenters. The minimum absolute atomic E-state index is 0.00464. The van der Waals surface area contributed by atoms with Crippen molar-refractivity contribution < 1.29 is 28.0 Å². The molecule has 2 aliphatic rings. The zero-order chi connectivity index (χ0) is 21.5. The fourth-order valence-corrected chi connectivity index (χ4v) is 5.29. The Morgan fingerprint density at radius 2 is 1.63 bits per heavy atom. The minimum Gasteiger partial charge on any atom is -0.363 e. The molecule has 10 nitrogen and oxygen atoms in total. The highest BCUT2D eigenvalue weighted by Crippen LogP contribution is 2.52. The van der Waals surface area contributed by atoms with E-state index in [4.69, 9.17) is 10.3 Å². The monoisotopic (exact) mass is 434 g/mol. The van der Waals surface area contributed by atoms with E-state index in [1.165, 1.54) is 0 Å². The molecule has 2 aromatic rings. The Hall–Kier alpha value is -2.89. The van der Waals surface area contributed by atoms with Crippen LogP contribution in [0.3, 0.4) is 0 Å². The van der Waals surface area contributed by atoms with Crippen molar-refractivity contribution in [3.8, 4) is 11.3 Å². The molecule has 1 aliphatic heterocycles. The standard InChI is InChI=1S/C19H22N4O6S/c20-17(24)16-14(15(23-29-16)10-4-2-1-3-5-10)11-6-12(7-11)18(25)21-22-19(26)13-8-30(27,28)9-13/h1-5,11-13,27-28H,6-9H2,(H2,20,24)(H,21,25)(H,22,26). The number of primary amides is 1. The van der Waals surface area contributed by atoms with E-state index in [0.29, 0.717) is 24.1 Å². The Morgan fingerprint density at radius 3 is 2.20 bits per heavy atom. The number of amides is 3. The van der Waals surface area contributed by atoms with Crippen LogP contribution in [-0.4, -0.2) is 43.5 Å². The smallest absolute Gasteiger partial charge is 0.287 e. The predicted molar refractivity (Wildman–Crippen MR) is 108 cm³/mol. The number of hydrazine groups is 1. The molecule has 1 saturated heterocycles. The zero-order valence-corrected chi connectivity index (χ0v) is 16.7. The number of carbonyl (C=O) groups is 3. The fourth-order valence-electron chi connectivity index (χ4n) is 3.80. The van der Waals surface area contributed by atoms with E-state index in [2.05, 4.69) is 16.0 Å². The lowest BCUT2D eigenvalue weighted by atomic mass is 9.70. The number of nitrogens with one attached hydrogen (secondary N) is 2. The van der Waals surface area contributed by atoms with Gasteiger partial charge in [0.2, 0.25) is 17.6 Å². The largest absolute Gasteiger partial charge is 0.363 e. The molecule has 0 radical (unpaired) electrons. The number of carbonyl (C=O) groups excluding carboxylic acids is 3. The summed E-state index contributed by atoms with van der Waals surface area (Å²) in [7, 11) is -2.62. The van der Waals surface area contributed by atoms with Gasteiger partial charge in [0.05, 0.1) is 17.4 Å². The summed E-state index contributed by atoms with van der Waals surface area (Å²) >= 11 is 0. The summed E-state index contributed by atoms with van der Waals surface area (Å²) in [6.07, 6.45) is 0.903. The molecular formula is C19H22N4O6S. The van der Waals surface area contributed by atoms with Gasteiger partial charge in [-0.3, -0.25) is 34.3 Å². The Morgan fingerprint density at radius 1 is 1.03 bits per heavy atom. The number of benzene rings is 1. The van der Waals surface area contributed by atoms with E-state index in [1.54, 1.807) is 0 Å². The van der Waals surface area contributed by atoms with Gasteiger partial charge in [0.25, 0.3) is 5.91 Å². The molecule has 11 heteroatoms. The molecular weight excluding hydrogens is 412 g/mol. The molecule has 4 rings (SSSR count). The van der Waals surface area contributed by atoms with Crippen LogP contribution in [0.15, 0.2) is 34.9 Å². The van der Waals surface area contributed by atoms with Crippen molar-refractivity contribution in [2.45, 2.75) is 18.8 Å². The summed E-state index contributed by atoms with van der Waals surface area (Å²) in [5, 5.41) is 4.01. The van der Waals surface area contributed by atoms with Gasteiger partial charge in [0.15, 0.2) is 0 Å². The highest BCUT2D eigenvalue weighted by atomic mass is 32.3. The van der Waals surface area contributed by atoms with Crippen molar-refractivity contribution in [3.63, 3.8) is 0 Å². The summed E-state index contributed by atoms with van der Waals surface area (Å²) in [6, 6.07) is 9.25. The maximum Gasteiger partial charge on any atom is 0.287 e. The first kappa shape index (κ1) is 20.4. The van der Waals surface area contributed by atoms with Crippen molar-refractivity contribution >= 4 is 28.3 Å². The van der Waals surface area contributed by atoms with E-state index in [1.807, 2.05) is 30.3 Å². The van der Waals surface area contributed by atoms with Gasteiger partial charge in [-0.1, -0.05) is 35.5 Å². The summed E-state index contributed by atoms with van der Waals surface area (Å²) in [5.74, 6) is -2.45. The first-order chi connectivity index (χ1) is 14.2. The maximum absolute atomic E-state index is 12.3. The van der Waals surface area contributed by atoms with E-state index in [0.717, 1.165) is 5.56 Å². The van der Waals surface area contributed by atoms with E-state index >= 15 is 0 Å². The number of nitrogens with two attached hydrogens (primary N) is 1. The SMILES string of the molecule is NC(=O)c1onc(-c2ccccc2)c1C1CC(C(=O)NNC(=O)C2CS(O)(O)C2)C1. The molecule has 1 aliphatic carbocycles. The van der Waals surface area contributed by atoms with Crippen LogP contribution in [0, 0.1) is 11.8 Å². The van der Waals surface area contributed by atoms with Gasteiger partial charge in [-0.2, -0.15) is 10.6 Å². The van der Waals surface area contributed by atoms with Crippen molar-refractivity contribution in [2.24, 2.45) is 17.6 Å². The number of nitrogens with zero attached hydrogens (tertiary/aromatic N) is 1. The van der Waals surface area contributed by atoms with Gasteiger partial charge in [-0.15, -0.1) is 0 Å². The van der Waals surface area contributed by atoms with E-state index < -0.39 is 28.3 Å². The molecule has 30 heavy (non-hydrogen) atoms. The summed E-state index contributed by atoms with van der Waals surface area (Å²) in [5.41, 5.74) is 12.1. The van der Waals surface area contributed by atoms with Crippen LogP contribution in [0.1, 0.15) is 34.9 Å². The lowest BCUT2D eigenvalue weighted by Gasteiger charge is -2.46. The van der Waals surface area contributed by atoms with Crippen LogP contribution < -0.4 is 16.6 Å². The number of rotatable bonds is 5. The third-order valence-corrected chi connectivity index (χ3v) is 7.40. The highest BCUT2D eigenvalue weighted by molar-refractivity contribution is 8.25. The Labute approximate surface area is 173 Å². The van der Waals surface area contributed by atoms with Gasteiger partial charge < -0.3 is 10.3 Å². The Balaban J connectivity index is 1.37. The molecule has 2 heterocycles. The summed E-state index contributed by atoms with van der Waals surface area (Å²) in [6.45, 7) is 0. The van der Waals surface area contributed by atoms with Crippen LogP contribution in [-0.2, 0) is 9.59 Å². The second-order valence-corrected chi connectivity index (χ2v) is 9.95. The maximum atomic E-state index is 12.3. The topological polar surface area (TPSA) is 168 Å². The van der Waals surface area contributed by atoms with Crippen LogP contribution in [0.2, 0.25) is 0 Å². The van der Waals surface area contributed by atoms with Crippen LogP contribution in [0.25, 0.3) is 11.3 Å². The zero-order valence-electron chi connectivity index (χ0n) is 15.9. The third kappa shape index (κ3) is 3.91. The molecule has 160 valence electrons. The lowest BCUT2D eigenvalue weighted by molar-refractivity contribution is -0.134.